The molecular weight excluding hydrogens is 326 g/mol. The second-order valence-electron chi connectivity index (χ2n) is 6.09. The number of nitriles is 1. The van der Waals surface area contributed by atoms with Crippen molar-refractivity contribution in [3.8, 4) is 6.07 Å². The summed E-state index contributed by atoms with van der Waals surface area (Å²) < 4.78 is 25.3. The van der Waals surface area contributed by atoms with Gasteiger partial charge < -0.3 is 5.32 Å². The molecule has 1 aliphatic rings. The number of nitrogens with zero attached hydrogens (tertiary/aromatic N) is 2. The fourth-order valence-electron chi connectivity index (χ4n) is 3.04. The highest BCUT2D eigenvalue weighted by Gasteiger charge is 2.23. The standard InChI is InChI=1S/C17H23N3O3S/c1-24(22,23)20(16-10-6-5-9-15(16)13-18)12-11-19-17(21)14-7-3-2-4-8-14/h5-6,9-10,14H,2-4,7-8,11-12H2,1H3,(H,19,21). The monoisotopic (exact) mass is 349 g/mol. The molecule has 6 nitrogen and oxygen atoms in total. The van der Waals surface area contributed by atoms with E-state index in [1.165, 1.54) is 10.7 Å². The second-order valence-corrected chi connectivity index (χ2v) is 8.00. The predicted octanol–water partition coefficient (Wildman–Crippen LogP) is 2.02. The third kappa shape index (κ3) is 4.71. The summed E-state index contributed by atoms with van der Waals surface area (Å²) in [4.78, 5) is 12.2. The van der Waals surface area contributed by atoms with Crippen molar-refractivity contribution in [2.45, 2.75) is 32.1 Å². The van der Waals surface area contributed by atoms with Gasteiger partial charge in [-0.2, -0.15) is 5.26 Å². The van der Waals surface area contributed by atoms with Crippen LogP contribution in [0, 0.1) is 17.2 Å². The first-order valence-electron chi connectivity index (χ1n) is 8.18. The molecule has 7 heteroatoms. The molecule has 1 saturated carbocycles. The minimum Gasteiger partial charge on any atom is -0.354 e. The number of rotatable bonds is 6. The lowest BCUT2D eigenvalue weighted by Crippen LogP contribution is -2.40. The molecule has 1 aliphatic carbocycles. The van der Waals surface area contributed by atoms with Gasteiger partial charge in [0.15, 0.2) is 0 Å². The van der Waals surface area contributed by atoms with Crippen LogP contribution in [0.25, 0.3) is 0 Å². The molecule has 0 radical (unpaired) electrons. The van der Waals surface area contributed by atoms with Gasteiger partial charge in [-0.1, -0.05) is 31.4 Å². The van der Waals surface area contributed by atoms with E-state index in [2.05, 4.69) is 5.32 Å². The van der Waals surface area contributed by atoms with E-state index in [0.29, 0.717) is 11.3 Å². The Kier molecular flexibility index (Phi) is 6.21. The lowest BCUT2D eigenvalue weighted by molar-refractivity contribution is -0.125. The minimum atomic E-state index is -3.54. The maximum absolute atomic E-state index is 12.2. The van der Waals surface area contributed by atoms with Crippen LogP contribution < -0.4 is 9.62 Å². The molecule has 0 atom stereocenters. The van der Waals surface area contributed by atoms with Crippen LogP contribution in [0.4, 0.5) is 5.69 Å². The molecule has 0 aromatic heterocycles. The first-order chi connectivity index (χ1) is 11.4. The van der Waals surface area contributed by atoms with Crippen molar-refractivity contribution in [1.82, 2.24) is 5.32 Å². The molecule has 1 aromatic carbocycles. The third-order valence-electron chi connectivity index (χ3n) is 4.28. The number of nitrogens with one attached hydrogen (secondary N) is 1. The number of carbonyl (C=O) groups excluding carboxylic acids is 1. The quantitative estimate of drug-likeness (QED) is 0.851. The summed E-state index contributed by atoms with van der Waals surface area (Å²) in [5.41, 5.74) is 0.635. The molecule has 0 bridgehead atoms. The zero-order chi connectivity index (χ0) is 17.6. The Hall–Kier alpha value is -2.07. The maximum Gasteiger partial charge on any atom is 0.232 e. The van der Waals surface area contributed by atoms with Crippen LogP contribution >= 0.6 is 0 Å². The van der Waals surface area contributed by atoms with Crippen molar-refractivity contribution in [1.29, 1.82) is 5.26 Å². The first-order valence-corrected chi connectivity index (χ1v) is 10.0. The predicted molar refractivity (Wildman–Crippen MR) is 92.9 cm³/mol. The van der Waals surface area contributed by atoms with E-state index in [1.54, 1.807) is 24.3 Å². The Labute approximate surface area is 143 Å². The van der Waals surface area contributed by atoms with Crippen LogP contribution in [0.2, 0.25) is 0 Å². The minimum absolute atomic E-state index is 0.00304. The average molecular weight is 349 g/mol. The molecule has 0 spiro atoms. The van der Waals surface area contributed by atoms with E-state index in [-0.39, 0.29) is 24.9 Å². The van der Waals surface area contributed by atoms with E-state index >= 15 is 0 Å². The van der Waals surface area contributed by atoms with Gasteiger partial charge in [0, 0.05) is 12.5 Å². The highest BCUT2D eigenvalue weighted by molar-refractivity contribution is 7.92. The van der Waals surface area contributed by atoms with Gasteiger partial charge in [-0.25, -0.2) is 8.42 Å². The van der Waals surface area contributed by atoms with Gasteiger partial charge in [-0.05, 0) is 25.0 Å². The summed E-state index contributed by atoms with van der Waals surface area (Å²) >= 11 is 0. The van der Waals surface area contributed by atoms with Crippen molar-refractivity contribution < 1.29 is 13.2 Å². The van der Waals surface area contributed by atoms with Gasteiger partial charge in [0.2, 0.25) is 15.9 Å². The van der Waals surface area contributed by atoms with Gasteiger partial charge >= 0.3 is 0 Å². The number of anilines is 1. The fourth-order valence-corrected chi connectivity index (χ4v) is 3.98. The molecule has 0 heterocycles. The molecule has 1 fully saturated rings. The van der Waals surface area contributed by atoms with Crippen LogP contribution in [-0.2, 0) is 14.8 Å². The van der Waals surface area contributed by atoms with E-state index in [9.17, 15) is 18.5 Å². The third-order valence-corrected chi connectivity index (χ3v) is 5.46. The van der Waals surface area contributed by atoms with Crippen molar-refractivity contribution in [3.63, 3.8) is 0 Å². The molecule has 0 saturated heterocycles. The summed E-state index contributed by atoms with van der Waals surface area (Å²) in [6.07, 6.45) is 6.23. The Morgan fingerprint density at radius 1 is 1.29 bits per heavy atom. The fraction of sp³-hybridized carbons (Fsp3) is 0.529. The first kappa shape index (κ1) is 18.3. The van der Waals surface area contributed by atoms with Crippen LogP contribution in [0.15, 0.2) is 24.3 Å². The molecule has 0 unspecified atom stereocenters. The van der Waals surface area contributed by atoms with Crippen LogP contribution in [0.3, 0.4) is 0 Å². The molecule has 1 aromatic rings. The Morgan fingerprint density at radius 3 is 2.58 bits per heavy atom. The van der Waals surface area contributed by atoms with Gasteiger partial charge in [-0.3, -0.25) is 9.10 Å². The summed E-state index contributed by atoms with van der Waals surface area (Å²) in [5.74, 6) is 0.0357. The molecule has 2 rings (SSSR count). The number of benzene rings is 1. The number of para-hydroxylation sites is 1. The van der Waals surface area contributed by atoms with E-state index < -0.39 is 10.0 Å². The Morgan fingerprint density at radius 2 is 1.96 bits per heavy atom. The average Bonchev–Trinajstić information content (AvgIpc) is 2.58. The zero-order valence-electron chi connectivity index (χ0n) is 13.9. The van der Waals surface area contributed by atoms with Gasteiger partial charge in [0.25, 0.3) is 0 Å². The number of hydrogen-bond donors (Lipinski definition) is 1. The van der Waals surface area contributed by atoms with E-state index in [1.807, 2.05) is 6.07 Å². The van der Waals surface area contributed by atoms with Gasteiger partial charge in [-0.15, -0.1) is 0 Å². The summed E-state index contributed by atoms with van der Waals surface area (Å²) in [6, 6.07) is 8.56. The number of amides is 1. The molecular formula is C17H23N3O3S. The highest BCUT2D eigenvalue weighted by Crippen LogP contribution is 2.24. The Bertz CT molecular complexity index is 719. The summed E-state index contributed by atoms with van der Waals surface area (Å²) in [6.45, 7) is 0.332. The van der Waals surface area contributed by atoms with E-state index in [0.717, 1.165) is 31.9 Å². The van der Waals surface area contributed by atoms with Gasteiger partial charge in [0.05, 0.1) is 24.1 Å². The number of carbonyl (C=O) groups is 1. The molecule has 0 aliphatic heterocycles. The topological polar surface area (TPSA) is 90.3 Å². The zero-order valence-corrected chi connectivity index (χ0v) is 14.7. The van der Waals surface area contributed by atoms with Crippen LogP contribution in [0.5, 0.6) is 0 Å². The smallest absolute Gasteiger partial charge is 0.232 e. The Balaban J connectivity index is 2.03. The van der Waals surface area contributed by atoms with Crippen LogP contribution in [-0.4, -0.2) is 33.7 Å². The summed E-state index contributed by atoms with van der Waals surface area (Å²) in [7, 11) is -3.54. The van der Waals surface area contributed by atoms with Crippen molar-refractivity contribution in [2.75, 3.05) is 23.7 Å². The molecule has 1 N–H and O–H groups in total. The maximum atomic E-state index is 12.2. The largest absolute Gasteiger partial charge is 0.354 e. The molecule has 1 amide bonds. The van der Waals surface area contributed by atoms with Crippen LogP contribution in [0.1, 0.15) is 37.7 Å². The molecule has 130 valence electrons. The van der Waals surface area contributed by atoms with Crippen molar-refractivity contribution in [2.24, 2.45) is 5.92 Å². The normalized spacial score (nSPS) is 15.5. The van der Waals surface area contributed by atoms with Crippen molar-refractivity contribution in [3.05, 3.63) is 29.8 Å². The second kappa shape index (κ2) is 8.15. The van der Waals surface area contributed by atoms with E-state index in [4.69, 9.17) is 0 Å². The number of sulfonamides is 1. The summed E-state index contributed by atoms with van der Waals surface area (Å²) in [5, 5.41) is 12.0. The van der Waals surface area contributed by atoms with Gasteiger partial charge in [0.1, 0.15) is 6.07 Å². The lowest BCUT2D eigenvalue weighted by atomic mass is 9.89. The number of hydrogen-bond acceptors (Lipinski definition) is 4. The van der Waals surface area contributed by atoms with Crippen molar-refractivity contribution >= 4 is 21.6 Å². The SMILES string of the molecule is CS(=O)(=O)N(CCNC(=O)C1CCCCC1)c1ccccc1C#N. The highest BCUT2D eigenvalue weighted by atomic mass is 32.2. The lowest BCUT2D eigenvalue weighted by Gasteiger charge is -2.25. The molecule has 24 heavy (non-hydrogen) atoms.